The first-order chi connectivity index (χ1) is 32.9. The maximum absolute atomic E-state index is 14.2. The molecule has 8 rings (SSSR count). The third-order valence-electron chi connectivity index (χ3n) is 13.3. The van der Waals surface area contributed by atoms with Gasteiger partial charge in [0.2, 0.25) is 0 Å². The first kappa shape index (κ1) is 50.0. The van der Waals surface area contributed by atoms with Crippen LogP contribution in [0.2, 0.25) is 30.7 Å². The molecule has 368 valence electrons. The summed E-state index contributed by atoms with van der Waals surface area (Å²) in [5.74, 6) is -0.312. The van der Waals surface area contributed by atoms with Crippen LogP contribution in [-0.4, -0.2) is 106 Å². The van der Waals surface area contributed by atoms with E-state index in [4.69, 9.17) is 25.8 Å². The van der Waals surface area contributed by atoms with Gasteiger partial charge in [-0.1, -0.05) is 74.1 Å². The highest BCUT2D eigenvalue weighted by molar-refractivity contribution is 7.90. The number of aromatic nitrogens is 3. The van der Waals surface area contributed by atoms with Gasteiger partial charge in [-0.25, -0.2) is 17.8 Å². The molecule has 0 atom stereocenters. The molecule has 0 bridgehead atoms. The number of sulfonamides is 1. The third kappa shape index (κ3) is 12.7. The summed E-state index contributed by atoms with van der Waals surface area (Å²) in [6.07, 6.45) is 4.80. The zero-order valence-electron chi connectivity index (χ0n) is 40.1. The molecule has 16 nitrogen and oxygen atoms in total. The molecule has 69 heavy (non-hydrogen) atoms. The summed E-state index contributed by atoms with van der Waals surface area (Å²) in [6, 6.07) is 23.2. The molecule has 1 aromatic heterocycles. The molecule has 2 N–H and O–H groups in total. The Morgan fingerprint density at radius 3 is 2.46 bits per heavy atom. The van der Waals surface area contributed by atoms with Crippen molar-refractivity contribution in [1.29, 1.82) is 0 Å². The largest absolute Gasteiger partial charge is 0.454 e. The van der Waals surface area contributed by atoms with Crippen LogP contribution < -0.4 is 19.7 Å². The molecular formula is C50H63ClN8O8SSi. The summed E-state index contributed by atoms with van der Waals surface area (Å²) in [4.78, 5) is 30.0. The second-order valence-corrected chi connectivity index (χ2v) is 28.1. The molecule has 3 heterocycles. The molecule has 0 unspecified atom stereocenters. The minimum absolute atomic E-state index is 0.0637. The molecule has 2 fully saturated rings. The van der Waals surface area contributed by atoms with E-state index in [0.29, 0.717) is 56.2 Å². The van der Waals surface area contributed by atoms with Crippen molar-refractivity contribution in [2.24, 2.45) is 11.3 Å². The Balaban J connectivity index is 1.03. The van der Waals surface area contributed by atoms with Crippen LogP contribution in [-0.2, 0) is 26.2 Å². The molecule has 0 spiro atoms. The van der Waals surface area contributed by atoms with Gasteiger partial charge in [-0.15, -0.1) is 5.10 Å². The molecular weight excluding hydrogens is 936 g/mol. The summed E-state index contributed by atoms with van der Waals surface area (Å²) in [6.45, 7) is 17.9. The standard InChI is InChI=1S/C50H63ClN8O8SSi/c1-50(2)20-17-37(42(31-50)36-9-11-38(51)12-10-36)33-56-21-23-57(24-22-56)39-13-15-41(47(29-39)67-46-8-6-7-44-48(46)53-55-58(44)34-66-27-28-69(3,4)5)49(60)54-68(63,64)40-14-16-43(45(30-40)59(61)62)52-32-35-18-25-65-26-19-35/h6-16,29-30,35,52H,17-28,31-34H2,1-5H3,(H,54,60). The lowest BCUT2D eigenvalue weighted by Crippen LogP contribution is -2.47. The molecule has 0 saturated carbocycles. The van der Waals surface area contributed by atoms with E-state index >= 15 is 0 Å². The molecule has 19 heteroatoms. The van der Waals surface area contributed by atoms with Crippen LogP contribution in [0.3, 0.4) is 0 Å². The van der Waals surface area contributed by atoms with E-state index in [0.717, 1.165) is 74.6 Å². The average molecular weight is 1000 g/mol. The second-order valence-electron chi connectivity index (χ2n) is 20.3. The summed E-state index contributed by atoms with van der Waals surface area (Å²) in [7, 11) is -5.91. The molecule has 5 aromatic rings. The Kier molecular flexibility index (Phi) is 15.5. The van der Waals surface area contributed by atoms with Gasteiger partial charge in [0.1, 0.15) is 18.2 Å². The van der Waals surface area contributed by atoms with E-state index in [-0.39, 0.29) is 35.1 Å². The van der Waals surface area contributed by atoms with E-state index in [2.05, 4.69) is 75.8 Å². The van der Waals surface area contributed by atoms with Gasteiger partial charge in [0.15, 0.2) is 11.3 Å². The second kappa shape index (κ2) is 21.3. The van der Waals surface area contributed by atoms with Crippen LogP contribution >= 0.6 is 11.6 Å². The van der Waals surface area contributed by atoms with Crippen molar-refractivity contribution in [3.05, 3.63) is 111 Å². The highest BCUT2D eigenvalue weighted by Gasteiger charge is 2.31. The van der Waals surface area contributed by atoms with E-state index in [9.17, 15) is 23.3 Å². The number of rotatable bonds is 18. The minimum atomic E-state index is -4.60. The number of nitrogens with one attached hydrogen (secondary N) is 2. The van der Waals surface area contributed by atoms with Crippen molar-refractivity contribution in [3.8, 4) is 11.5 Å². The van der Waals surface area contributed by atoms with Gasteiger partial charge in [-0.2, -0.15) is 0 Å². The number of hydrogen-bond donors (Lipinski definition) is 2. The van der Waals surface area contributed by atoms with Crippen LogP contribution in [0.25, 0.3) is 16.6 Å². The fraction of sp³-hybridized carbons (Fsp3) is 0.460. The van der Waals surface area contributed by atoms with E-state index in [1.807, 2.05) is 18.2 Å². The molecule has 1 amide bonds. The number of benzene rings is 4. The Bertz CT molecular complexity index is 2800. The number of carbonyl (C=O) groups excluding carboxylic acids is 1. The Labute approximate surface area is 410 Å². The van der Waals surface area contributed by atoms with Gasteiger partial charge >= 0.3 is 0 Å². The van der Waals surface area contributed by atoms with Crippen molar-refractivity contribution in [2.75, 3.05) is 69.3 Å². The first-order valence-corrected chi connectivity index (χ1v) is 29.3. The molecule has 3 aliphatic rings. The van der Waals surface area contributed by atoms with Gasteiger partial charge < -0.3 is 24.4 Å². The predicted octanol–water partition coefficient (Wildman–Crippen LogP) is 9.84. The molecule has 2 aliphatic heterocycles. The van der Waals surface area contributed by atoms with Crippen LogP contribution in [0, 0.1) is 21.4 Å². The first-order valence-electron chi connectivity index (χ1n) is 23.7. The van der Waals surface area contributed by atoms with Crippen molar-refractivity contribution >= 4 is 69.3 Å². The summed E-state index contributed by atoms with van der Waals surface area (Å²) >= 11 is 6.27. The number of piperazine rings is 1. The average Bonchev–Trinajstić information content (AvgIpc) is 3.74. The molecule has 2 saturated heterocycles. The number of carbonyl (C=O) groups is 1. The fourth-order valence-corrected chi connectivity index (χ4v) is 11.0. The number of nitro groups is 1. The smallest absolute Gasteiger partial charge is 0.293 e. The van der Waals surface area contributed by atoms with E-state index in [1.54, 1.807) is 35.0 Å². The number of hydrogen-bond acceptors (Lipinski definition) is 13. The predicted molar refractivity (Wildman–Crippen MR) is 273 cm³/mol. The van der Waals surface area contributed by atoms with Gasteiger partial charge in [-0.3, -0.25) is 19.8 Å². The van der Waals surface area contributed by atoms with Crippen molar-refractivity contribution in [1.82, 2.24) is 24.6 Å². The number of ether oxygens (including phenoxy) is 3. The number of halogens is 1. The number of fused-ring (bicyclic) bond motifs is 1. The SMILES string of the molecule is CC1(C)CCC(CN2CCN(c3ccc(C(=O)NS(=O)(=O)c4ccc(NCC5CCOCC5)c([N+](=O)[O-])c4)c(Oc4cccc5c4nnn5COCC[Si](C)(C)C)c3)CC2)=C(c2ccc(Cl)cc2)C1. The van der Waals surface area contributed by atoms with E-state index < -0.39 is 39.5 Å². The molecule has 4 aromatic carbocycles. The highest BCUT2D eigenvalue weighted by atomic mass is 35.5. The zero-order valence-corrected chi connectivity index (χ0v) is 42.7. The van der Waals surface area contributed by atoms with Gasteiger partial charge in [0.25, 0.3) is 21.6 Å². The number of allylic oxidation sites excluding steroid dienone is 1. The molecule has 0 radical (unpaired) electrons. The van der Waals surface area contributed by atoms with Gasteiger partial charge in [0, 0.05) is 90.0 Å². The monoisotopic (exact) mass is 998 g/mol. The van der Waals surface area contributed by atoms with Crippen molar-refractivity contribution in [2.45, 2.75) is 83.3 Å². The van der Waals surface area contributed by atoms with Crippen LogP contribution in [0.1, 0.15) is 61.9 Å². The maximum Gasteiger partial charge on any atom is 0.293 e. The summed E-state index contributed by atoms with van der Waals surface area (Å²) in [5.41, 5.74) is 5.88. The number of nitrogens with zero attached hydrogens (tertiary/aromatic N) is 6. The van der Waals surface area contributed by atoms with Crippen molar-refractivity contribution < 1.29 is 32.3 Å². The normalized spacial score (nSPS) is 17.3. The quantitative estimate of drug-likeness (QED) is 0.0366. The number of nitro benzene ring substituents is 1. The van der Waals surface area contributed by atoms with Crippen molar-refractivity contribution in [3.63, 3.8) is 0 Å². The Morgan fingerprint density at radius 1 is 0.986 bits per heavy atom. The van der Waals surface area contributed by atoms with Gasteiger partial charge in [-0.05, 0) is 109 Å². The maximum atomic E-state index is 14.2. The lowest BCUT2D eigenvalue weighted by Gasteiger charge is -2.39. The topological polar surface area (TPSA) is 183 Å². The van der Waals surface area contributed by atoms with E-state index in [1.165, 1.54) is 28.8 Å². The summed E-state index contributed by atoms with van der Waals surface area (Å²) in [5, 5.41) is 24.8. The number of anilines is 2. The van der Waals surface area contributed by atoms with Gasteiger partial charge in [0.05, 0.1) is 20.9 Å². The Morgan fingerprint density at radius 2 is 1.74 bits per heavy atom. The number of amides is 1. The lowest BCUT2D eigenvalue weighted by atomic mass is 9.72. The zero-order chi connectivity index (χ0) is 48.9. The fourth-order valence-electron chi connectivity index (χ4n) is 9.09. The Hall–Kier alpha value is -5.37. The third-order valence-corrected chi connectivity index (χ3v) is 16.6. The van der Waals surface area contributed by atoms with Crippen LogP contribution in [0.5, 0.6) is 11.5 Å². The summed E-state index contributed by atoms with van der Waals surface area (Å²) < 4.78 is 49.5. The highest BCUT2D eigenvalue weighted by Crippen LogP contribution is 2.44. The minimum Gasteiger partial charge on any atom is -0.454 e. The molecule has 1 aliphatic carbocycles. The lowest BCUT2D eigenvalue weighted by molar-refractivity contribution is -0.384. The van der Waals surface area contributed by atoms with Crippen LogP contribution in [0.4, 0.5) is 17.1 Å². The van der Waals surface area contributed by atoms with Crippen LogP contribution in [0.15, 0.2) is 89.3 Å².